The van der Waals surface area contributed by atoms with Crippen LogP contribution in [0, 0.1) is 19.8 Å². The number of oxazole rings is 1. The first-order valence-corrected chi connectivity index (χ1v) is 9.02. The van der Waals surface area contributed by atoms with Gasteiger partial charge in [-0.3, -0.25) is 9.36 Å². The highest BCUT2D eigenvalue weighted by molar-refractivity contribution is 5.51. The highest BCUT2D eigenvalue weighted by Crippen LogP contribution is 2.21. The zero-order valence-electron chi connectivity index (χ0n) is 15.8. The van der Waals surface area contributed by atoms with Gasteiger partial charge in [-0.25, -0.2) is 9.97 Å². The van der Waals surface area contributed by atoms with E-state index in [0.29, 0.717) is 24.0 Å². The molecule has 0 bridgehead atoms. The van der Waals surface area contributed by atoms with E-state index < -0.39 is 0 Å². The minimum atomic E-state index is 0.0212. The third-order valence-electron chi connectivity index (χ3n) is 4.50. The summed E-state index contributed by atoms with van der Waals surface area (Å²) in [5, 5.41) is 0. The first-order chi connectivity index (χ1) is 12.5. The fourth-order valence-electron chi connectivity index (χ4n) is 3.13. The summed E-state index contributed by atoms with van der Waals surface area (Å²) in [5.41, 5.74) is 3.50. The lowest BCUT2D eigenvalue weighted by atomic mass is 10.0. The number of rotatable bonds is 6. The van der Waals surface area contributed by atoms with Gasteiger partial charge in [0.25, 0.3) is 5.56 Å². The average Bonchev–Trinajstić information content (AvgIpc) is 3.04. The molecule has 5 heteroatoms. The second-order valence-corrected chi connectivity index (χ2v) is 7.06. The molecule has 136 valence electrons. The van der Waals surface area contributed by atoms with E-state index in [-0.39, 0.29) is 5.56 Å². The number of hydrogen-bond acceptors (Lipinski definition) is 4. The van der Waals surface area contributed by atoms with Gasteiger partial charge in [0.05, 0.1) is 5.69 Å². The maximum Gasteiger partial charge on any atom is 0.257 e. The molecule has 5 nitrogen and oxygen atoms in total. The molecule has 0 aliphatic rings. The van der Waals surface area contributed by atoms with Crippen LogP contribution >= 0.6 is 0 Å². The van der Waals surface area contributed by atoms with Crippen LogP contribution < -0.4 is 5.56 Å². The van der Waals surface area contributed by atoms with Gasteiger partial charge in [0.2, 0.25) is 0 Å². The first kappa shape index (κ1) is 18.1. The van der Waals surface area contributed by atoms with Crippen molar-refractivity contribution >= 4 is 0 Å². The lowest BCUT2D eigenvalue weighted by molar-refractivity contribution is 0.547. The monoisotopic (exact) mass is 351 g/mol. The number of hydrogen-bond donors (Lipinski definition) is 0. The van der Waals surface area contributed by atoms with Crippen molar-refractivity contribution in [3.8, 4) is 11.6 Å². The zero-order valence-corrected chi connectivity index (χ0v) is 15.8. The summed E-state index contributed by atoms with van der Waals surface area (Å²) >= 11 is 0. The molecule has 1 aromatic carbocycles. The lowest BCUT2D eigenvalue weighted by Gasteiger charge is -2.16. The third-order valence-corrected chi connectivity index (χ3v) is 4.50. The van der Waals surface area contributed by atoms with Crippen molar-refractivity contribution in [3.63, 3.8) is 0 Å². The Kier molecular flexibility index (Phi) is 5.35. The van der Waals surface area contributed by atoms with Crippen LogP contribution in [-0.4, -0.2) is 14.5 Å². The molecule has 0 fully saturated rings. The van der Waals surface area contributed by atoms with E-state index in [9.17, 15) is 4.79 Å². The molecule has 0 aliphatic carbocycles. The fourth-order valence-corrected chi connectivity index (χ4v) is 3.13. The van der Waals surface area contributed by atoms with Crippen molar-refractivity contribution in [2.45, 2.75) is 47.1 Å². The Balaban J connectivity index is 2.08. The van der Waals surface area contributed by atoms with Crippen LogP contribution in [0.15, 0.2) is 45.9 Å². The highest BCUT2D eigenvalue weighted by atomic mass is 16.3. The van der Waals surface area contributed by atoms with Crippen LogP contribution in [0.1, 0.15) is 36.4 Å². The van der Waals surface area contributed by atoms with Crippen molar-refractivity contribution in [1.29, 1.82) is 0 Å². The molecule has 0 radical (unpaired) electrons. The Morgan fingerprint density at radius 3 is 2.46 bits per heavy atom. The highest BCUT2D eigenvalue weighted by Gasteiger charge is 2.20. The molecular formula is C21H25N3O2. The molecule has 0 saturated heterocycles. The van der Waals surface area contributed by atoms with Gasteiger partial charge in [-0.15, -0.1) is 0 Å². The van der Waals surface area contributed by atoms with E-state index in [0.717, 1.165) is 29.8 Å². The Morgan fingerprint density at radius 1 is 1.12 bits per heavy atom. The molecule has 3 aromatic rings. The van der Waals surface area contributed by atoms with Gasteiger partial charge in [-0.05, 0) is 38.2 Å². The minimum absolute atomic E-state index is 0.0212. The third kappa shape index (κ3) is 3.77. The van der Waals surface area contributed by atoms with Crippen LogP contribution in [0.4, 0.5) is 0 Å². The van der Waals surface area contributed by atoms with Crippen molar-refractivity contribution in [3.05, 3.63) is 69.6 Å². The standard InChI is InChI=1S/C21H25N3O2/c1-14(2)12-18-15(3)23-20(19-16(4)22-13-26-19)24(21(18)25)11-10-17-8-6-5-7-9-17/h5-9,13-14H,10-12H2,1-4H3. The van der Waals surface area contributed by atoms with Gasteiger partial charge in [0.1, 0.15) is 0 Å². The molecule has 2 aromatic heterocycles. The summed E-state index contributed by atoms with van der Waals surface area (Å²) in [6, 6.07) is 10.2. The minimum Gasteiger partial charge on any atom is -0.440 e. The topological polar surface area (TPSA) is 60.9 Å². The van der Waals surface area contributed by atoms with Crippen molar-refractivity contribution in [1.82, 2.24) is 14.5 Å². The Hall–Kier alpha value is -2.69. The van der Waals surface area contributed by atoms with Gasteiger partial charge in [-0.2, -0.15) is 0 Å². The fraction of sp³-hybridized carbons (Fsp3) is 0.381. The SMILES string of the molecule is Cc1ncoc1-c1nc(C)c(CC(C)C)c(=O)n1CCc1ccccc1. The Morgan fingerprint density at radius 2 is 1.85 bits per heavy atom. The lowest BCUT2D eigenvalue weighted by Crippen LogP contribution is -2.29. The molecule has 0 saturated carbocycles. The molecule has 0 spiro atoms. The molecule has 0 aliphatic heterocycles. The summed E-state index contributed by atoms with van der Waals surface area (Å²) < 4.78 is 7.28. The van der Waals surface area contributed by atoms with E-state index >= 15 is 0 Å². The predicted octanol–water partition coefficient (Wildman–Crippen LogP) is 3.96. The average molecular weight is 351 g/mol. The molecule has 0 unspecified atom stereocenters. The maximum atomic E-state index is 13.2. The largest absolute Gasteiger partial charge is 0.440 e. The predicted molar refractivity (Wildman–Crippen MR) is 102 cm³/mol. The summed E-state index contributed by atoms with van der Waals surface area (Å²) in [5.74, 6) is 1.52. The molecule has 3 rings (SSSR count). The van der Waals surface area contributed by atoms with E-state index in [2.05, 4.69) is 31.0 Å². The van der Waals surface area contributed by atoms with Crippen LogP contribution in [0.3, 0.4) is 0 Å². The quantitative estimate of drug-likeness (QED) is 0.674. The van der Waals surface area contributed by atoms with E-state index in [1.54, 1.807) is 4.57 Å². The molecule has 0 amide bonds. The molecule has 0 N–H and O–H groups in total. The summed E-state index contributed by atoms with van der Waals surface area (Å²) in [6.45, 7) is 8.54. The van der Waals surface area contributed by atoms with Crippen molar-refractivity contribution < 1.29 is 4.42 Å². The van der Waals surface area contributed by atoms with Gasteiger partial charge in [0.15, 0.2) is 18.0 Å². The van der Waals surface area contributed by atoms with Crippen LogP contribution in [0.5, 0.6) is 0 Å². The van der Waals surface area contributed by atoms with Crippen LogP contribution in [0.2, 0.25) is 0 Å². The smallest absolute Gasteiger partial charge is 0.257 e. The molecular weight excluding hydrogens is 326 g/mol. The Bertz CT molecular complexity index is 940. The van der Waals surface area contributed by atoms with E-state index in [1.807, 2.05) is 32.0 Å². The molecule has 26 heavy (non-hydrogen) atoms. The molecule has 0 atom stereocenters. The number of aryl methyl sites for hydroxylation is 3. The maximum absolute atomic E-state index is 13.2. The Labute approximate surface area is 153 Å². The second-order valence-electron chi connectivity index (χ2n) is 7.06. The summed E-state index contributed by atoms with van der Waals surface area (Å²) in [4.78, 5) is 22.1. The van der Waals surface area contributed by atoms with Crippen LogP contribution in [0.25, 0.3) is 11.6 Å². The molecule has 2 heterocycles. The van der Waals surface area contributed by atoms with Gasteiger partial charge in [-0.1, -0.05) is 44.2 Å². The van der Waals surface area contributed by atoms with Crippen molar-refractivity contribution in [2.75, 3.05) is 0 Å². The number of nitrogens with zero attached hydrogens (tertiary/aromatic N) is 3. The second kappa shape index (κ2) is 7.68. The summed E-state index contributed by atoms with van der Waals surface area (Å²) in [7, 11) is 0. The first-order valence-electron chi connectivity index (χ1n) is 9.02. The van der Waals surface area contributed by atoms with Crippen molar-refractivity contribution in [2.24, 2.45) is 5.92 Å². The van der Waals surface area contributed by atoms with Gasteiger partial charge < -0.3 is 4.42 Å². The van der Waals surface area contributed by atoms with E-state index in [1.165, 1.54) is 12.0 Å². The van der Waals surface area contributed by atoms with Gasteiger partial charge in [0, 0.05) is 17.8 Å². The normalized spacial score (nSPS) is 11.3. The van der Waals surface area contributed by atoms with Gasteiger partial charge >= 0.3 is 0 Å². The van der Waals surface area contributed by atoms with Crippen LogP contribution in [-0.2, 0) is 19.4 Å². The number of aromatic nitrogens is 3. The number of benzene rings is 1. The summed E-state index contributed by atoms with van der Waals surface area (Å²) in [6.07, 6.45) is 2.88. The van der Waals surface area contributed by atoms with E-state index in [4.69, 9.17) is 9.40 Å². The zero-order chi connectivity index (χ0) is 18.7.